The van der Waals surface area contributed by atoms with E-state index in [1.54, 1.807) is 16.7 Å². The molecule has 2 fully saturated rings. The molecule has 3 aliphatic rings. The summed E-state index contributed by atoms with van der Waals surface area (Å²) in [5, 5.41) is 2.36. The molecule has 1 N–H and O–H groups in total. The Morgan fingerprint density at radius 3 is 2.52 bits per heavy atom. The molecule has 0 aliphatic carbocycles. The number of thioether (sulfide) groups is 2. The number of nitrogens with zero attached hydrogens (tertiary/aromatic N) is 2. The number of imide groups is 1. The molecule has 3 aliphatic heterocycles. The molecule has 6 nitrogen and oxygen atoms in total. The second-order valence-electron chi connectivity index (χ2n) is 8.68. The molecule has 0 aromatic heterocycles. The number of piperidine rings is 1. The normalized spacial score (nSPS) is 21.3. The van der Waals surface area contributed by atoms with E-state index in [0.717, 1.165) is 35.8 Å². The monoisotopic (exact) mass is 481 g/mol. The van der Waals surface area contributed by atoms with Gasteiger partial charge in [0.2, 0.25) is 11.8 Å². The van der Waals surface area contributed by atoms with Gasteiger partial charge in [0.1, 0.15) is 6.04 Å². The average Bonchev–Trinajstić information content (AvgIpc) is 3.16. The highest BCUT2D eigenvalue weighted by Crippen LogP contribution is 2.35. The third kappa shape index (κ3) is 4.98. The highest BCUT2D eigenvalue weighted by atomic mass is 32.2. The third-order valence-electron chi connectivity index (χ3n) is 6.47. The van der Waals surface area contributed by atoms with Crippen LogP contribution in [-0.2, 0) is 28.4 Å². The summed E-state index contributed by atoms with van der Waals surface area (Å²) in [6.07, 6.45) is 0.653. The van der Waals surface area contributed by atoms with Crippen LogP contribution in [0.3, 0.4) is 0 Å². The lowest BCUT2D eigenvalue weighted by atomic mass is 10.0. The molecule has 1 unspecified atom stereocenters. The number of hydrogen-bond donors (Lipinski definition) is 1. The van der Waals surface area contributed by atoms with E-state index < -0.39 is 6.04 Å². The minimum absolute atomic E-state index is 0.123. The number of carbonyl (C=O) groups is 3. The van der Waals surface area contributed by atoms with Crippen LogP contribution in [0.5, 0.6) is 0 Å². The first-order valence-corrected chi connectivity index (χ1v) is 13.5. The van der Waals surface area contributed by atoms with Crippen LogP contribution in [0.4, 0.5) is 0 Å². The van der Waals surface area contributed by atoms with E-state index in [0.29, 0.717) is 18.5 Å². The molecule has 2 aromatic carbocycles. The largest absolute Gasteiger partial charge is 0.322 e. The number of rotatable bonds is 6. The molecule has 5 rings (SSSR count). The summed E-state index contributed by atoms with van der Waals surface area (Å²) in [5.74, 6) is 2.51. The third-order valence-corrected chi connectivity index (χ3v) is 8.58. The first-order valence-electron chi connectivity index (χ1n) is 11.4. The molecule has 33 heavy (non-hydrogen) atoms. The zero-order valence-corrected chi connectivity index (χ0v) is 20.1. The van der Waals surface area contributed by atoms with Gasteiger partial charge < -0.3 is 4.90 Å². The van der Waals surface area contributed by atoms with Gasteiger partial charge in [-0.2, -0.15) is 11.8 Å². The second kappa shape index (κ2) is 9.91. The molecular weight excluding hydrogens is 454 g/mol. The van der Waals surface area contributed by atoms with Crippen molar-refractivity contribution in [2.24, 2.45) is 0 Å². The smallest absolute Gasteiger partial charge is 0.255 e. The maximum atomic E-state index is 13.0. The van der Waals surface area contributed by atoms with Crippen LogP contribution < -0.4 is 5.32 Å². The van der Waals surface area contributed by atoms with Crippen molar-refractivity contribution in [2.75, 3.05) is 24.6 Å². The van der Waals surface area contributed by atoms with Gasteiger partial charge in [0.05, 0.1) is 0 Å². The molecule has 172 valence electrons. The van der Waals surface area contributed by atoms with E-state index in [2.05, 4.69) is 34.5 Å². The van der Waals surface area contributed by atoms with Gasteiger partial charge in [-0.1, -0.05) is 30.3 Å². The SMILES string of the molecule is O=C1CCC(N2Cc3c(SCc4ccc(CN5CCSCC5)cc4)cccc3C2=O)C(=O)N1. The quantitative estimate of drug-likeness (QED) is 0.504. The van der Waals surface area contributed by atoms with E-state index in [1.165, 1.54) is 22.6 Å². The van der Waals surface area contributed by atoms with Crippen molar-refractivity contribution in [3.05, 3.63) is 64.7 Å². The van der Waals surface area contributed by atoms with E-state index >= 15 is 0 Å². The van der Waals surface area contributed by atoms with Crippen molar-refractivity contribution in [3.63, 3.8) is 0 Å². The fraction of sp³-hybridized carbons (Fsp3) is 0.400. The molecule has 0 radical (unpaired) electrons. The maximum absolute atomic E-state index is 13.0. The molecule has 2 saturated heterocycles. The van der Waals surface area contributed by atoms with Crippen molar-refractivity contribution in [1.29, 1.82) is 0 Å². The van der Waals surface area contributed by atoms with Gasteiger partial charge in [0.15, 0.2) is 0 Å². The Hall–Kier alpha value is -2.29. The lowest BCUT2D eigenvalue weighted by Gasteiger charge is -2.29. The summed E-state index contributed by atoms with van der Waals surface area (Å²) >= 11 is 3.76. The van der Waals surface area contributed by atoms with E-state index in [4.69, 9.17) is 0 Å². The number of nitrogens with one attached hydrogen (secondary N) is 1. The Bertz CT molecular complexity index is 1070. The Balaban J connectivity index is 1.23. The van der Waals surface area contributed by atoms with Crippen LogP contribution in [0.1, 0.15) is 39.9 Å². The molecule has 3 amide bonds. The Morgan fingerprint density at radius 2 is 1.76 bits per heavy atom. The minimum Gasteiger partial charge on any atom is -0.322 e. The minimum atomic E-state index is -0.577. The summed E-state index contributed by atoms with van der Waals surface area (Å²) in [5.41, 5.74) is 4.25. The van der Waals surface area contributed by atoms with Crippen molar-refractivity contribution in [1.82, 2.24) is 15.1 Å². The van der Waals surface area contributed by atoms with Gasteiger partial charge >= 0.3 is 0 Å². The summed E-state index contributed by atoms with van der Waals surface area (Å²) in [4.78, 5) is 42.0. The number of carbonyl (C=O) groups excluding carboxylic acids is 3. The van der Waals surface area contributed by atoms with E-state index in [-0.39, 0.29) is 24.1 Å². The van der Waals surface area contributed by atoms with E-state index in [9.17, 15) is 14.4 Å². The van der Waals surface area contributed by atoms with Crippen molar-refractivity contribution in [2.45, 2.75) is 42.6 Å². The topological polar surface area (TPSA) is 69.7 Å². The average molecular weight is 482 g/mol. The molecule has 8 heteroatoms. The molecule has 0 bridgehead atoms. The second-order valence-corrected chi connectivity index (χ2v) is 10.9. The van der Waals surface area contributed by atoms with Crippen LogP contribution in [0.25, 0.3) is 0 Å². The van der Waals surface area contributed by atoms with Gasteiger partial charge in [-0.05, 0) is 35.2 Å². The highest BCUT2D eigenvalue weighted by Gasteiger charge is 2.39. The molecule has 3 heterocycles. The Kier molecular flexibility index (Phi) is 6.76. The first-order chi connectivity index (χ1) is 16.1. The first kappa shape index (κ1) is 22.5. The number of hydrogen-bond acceptors (Lipinski definition) is 6. The van der Waals surface area contributed by atoms with Gasteiger partial charge in [-0.3, -0.25) is 24.6 Å². The van der Waals surface area contributed by atoms with E-state index in [1.807, 2.05) is 30.0 Å². The van der Waals surface area contributed by atoms with Crippen LogP contribution in [0.15, 0.2) is 47.4 Å². The standard InChI is InChI=1S/C25H27N3O3S2/c29-23-9-8-21(24(30)26-23)28-15-20-19(25(28)31)2-1-3-22(20)33-16-18-6-4-17(5-7-18)14-27-10-12-32-13-11-27/h1-7,21H,8-16H2,(H,26,29,30). The van der Waals surface area contributed by atoms with Crippen molar-refractivity contribution < 1.29 is 14.4 Å². The molecule has 2 aromatic rings. The van der Waals surface area contributed by atoms with Gasteiger partial charge in [0, 0.05) is 60.3 Å². The number of fused-ring (bicyclic) bond motifs is 1. The van der Waals surface area contributed by atoms with Crippen LogP contribution in [0, 0.1) is 0 Å². The zero-order chi connectivity index (χ0) is 22.8. The summed E-state index contributed by atoms with van der Waals surface area (Å²) < 4.78 is 0. The van der Waals surface area contributed by atoms with Crippen LogP contribution >= 0.6 is 23.5 Å². The number of amides is 3. The molecule has 0 saturated carbocycles. The summed E-state index contributed by atoms with van der Waals surface area (Å²) in [6, 6.07) is 14.1. The molecule has 1 atom stereocenters. The maximum Gasteiger partial charge on any atom is 0.255 e. The Morgan fingerprint density at radius 1 is 1.00 bits per heavy atom. The lowest BCUT2D eigenvalue weighted by molar-refractivity contribution is -0.136. The van der Waals surface area contributed by atoms with Gasteiger partial charge in [-0.25, -0.2) is 0 Å². The van der Waals surface area contributed by atoms with Crippen LogP contribution in [0.2, 0.25) is 0 Å². The molecule has 0 spiro atoms. The fourth-order valence-corrected chi connectivity index (χ4v) is 6.63. The predicted molar refractivity (Wildman–Crippen MR) is 131 cm³/mol. The Labute approximate surface area is 202 Å². The predicted octanol–water partition coefficient (Wildman–Crippen LogP) is 3.29. The highest BCUT2D eigenvalue weighted by molar-refractivity contribution is 7.99. The van der Waals surface area contributed by atoms with Crippen molar-refractivity contribution >= 4 is 41.2 Å². The summed E-state index contributed by atoms with van der Waals surface area (Å²) in [6.45, 7) is 3.75. The lowest BCUT2D eigenvalue weighted by Crippen LogP contribution is -2.52. The summed E-state index contributed by atoms with van der Waals surface area (Å²) in [7, 11) is 0. The van der Waals surface area contributed by atoms with Gasteiger partial charge in [0.25, 0.3) is 5.91 Å². The van der Waals surface area contributed by atoms with Gasteiger partial charge in [-0.15, -0.1) is 11.8 Å². The zero-order valence-electron chi connectivity index (χ0n) is 18.4. The molecular formula is C25H27N3O3S2. The number of benzene rings is 2. The van der Waals surface area contributed by atoms with Crippen LogP contribution in [-0.4, -0.2) is 58.2 Å². The van der Waals surface area contributed by atoms with Crippen molar-refractivity contribution in [3.8, 4) is 0 Å². The fourth-order valence-electron chi connectivity index (χ4n) is 4.61.